The summed E-state index contributed by atoms with van der Waals surface area (Å²) in [6.45, 7) is 0.536. The molecule has 1 aromatic heterocycles. The third-order valence-electron chi connectivity index (χ3n) is 8.23. The molecule has 0 bridgehead atoms. The molecule has 3 unspecified atom stereocenters. The number of rotatable bonds is 6. The molecular formula is C27H32N4O4. The number of benzene rings is 1. The Kier molecular flexibility index (Phi) is 6.26. The number of fused-ring (bicyclic) bond motifs is 1. The van der Waals surface area contributed by atoms with Gasteiger partial charge in [0.25, 0.3) is 5.91 Å². The zero-order valence-corrected chi connectivity index (χ0v) is 20.1. The van der Waals surface area contributed by atoms with E-state index in [0.717, 1.165) is 49.4 Å². The van der Waals surface area contributed by atoms with E-state index in [1.54, 1.807) is 18.1 Å². The van der Waals surface area contributed by atoms with Crippen molar-refractivity contribution in [3.63, 3.8) is 0 Å². The zero-order valence-electron chi connectivity index (χ0n) is 20.1. The lowest BCUT2D eigenvalue weighted by molar-refractivity contribution is -0.127. The highest BCUT2D eigenvalue weighted by molar-refractivity contribution is 6.02. The third-order valence-corrected chi connectivity index (χ3v) is 8.23. The molecule has 2 aromatic rings. The van der Waals surface area contributed by atoms with E-state index in [-0.39, 0.29) is 28.9 Å². The molecule has 184 valence electrons. The number of amides is 2. The fourth-order valence-electron chi connectivity index (χ4n) is 6.12. The number of nitriles is 1. The summed E-state index contributed by atoms with van der Waals surface area (Å²) in [5.41, 5.74) is 1.19. The first-order chi connectivity index (χ1) is 16.9. The second-order valence-electron chi connectivity index (χ2n) is 10.4. The summed E-state index contributed by atoms with van der Waals surface area (Å²) >= 11 is 0. The SMILES string of the molecule is COc1cccc2[nH]c(C(=O)N3CC4(CCC4)CC3C(=O)NC(C#N)CC3CCCCC3=O)cc12. The summed E-state index contributed by atoms with van der Waals surface area (Å²) in [5.74, 6) is 0.173. The van der Waals surface area contributed by atoms with Crippen LogP contribution in [-0.2, 0) is 9.59 Å². The highest BCUT2D eigenvalue weighted by Gasteiger charge is 2.52. The van der Waals surface area contributed by atoms with Crippen molar-refractivity contribution in [1.82, 2.24) is 15.2 Å². The van der Waals surface area contributed by atoms with Gasteiger partial charge >= 0.3 is 0 Å². The van der Waals surface area contributed by atoms with Gasteiger partial charge in [-0.25, -0.2) is 0 Å². The minimum Gasteiger partial charge on any atom is -0.496 e. The van der Waals surface area contributed by atoms with Gasteiger partial charge in [0.05, 0.1) is 13.2 Å². The molecule has 3 atom stereocenters. The molecule has 2 heterocycles. The monoisotopic (exact) mass is 476 g/mol. The highest BCUT2D eigenvalue weighted by atomic mass is 16.5. The lowest BCUT2D eigenvalue weighted by atomic mass is 9.67. The van der Waals surface area contributed by atoms with Crippen LogP contribution in [0.25, 0.3) is 10.9 Å². The minimum atomic E-state index is -0.734. The Morgan fingerprint density at radius 3 is 2.83 bits per heavy atom. The first-order valence-electron chi connectivity index (χ1n) is 12.6. The molecular weight excluding hydrogens is 444 g/mol. The summed E-state index contributed by atoms with van der Waals surface area (Å²) in [5, 5.41) is 13.4. The third kappa shape index (κ3) is 4.40. The summed E-state index contributed by atoms with van der Waals surface area (Å²) in [6, 6.07) is 8.19. The smallest absolute Gasteiger partial charge is 0.271 e. The number of hydrogen-bond acceptors (Lipinski definition) is 5. The largest absolute Gasteiger partial charge is 0.496 e. The second-order valence-corrected chi connectivity index (χ2v) is 10.4. The Morgan fingerprint density at radius 1 is 1.31 bits per heavy atom. The van der Waals surface area contributed by atoms with Crippen LogP contribution >= 0.6 is 0 Å². The van der Waals surface area contributed by atoms with Crippen molar-refractivity contribution in [3.05, 3.63) is 30.0 Å². The average molecular weight is 477 g/mol. The predicted molar refractivity (Wildman–Crippen MR) is 130 cm³/mol. The molecule has 3 aliphatic rings. The number of aromatic amines is 1. The molecule has 0 radical (unpaired) electrons. The number of ether oxygens (including phenoxy) is 1. The predicted octanol–water partition coefficient (Wildman–Crippen LogP) is 3.72. The molecule has 2 saturated carbocycles. The maximum atomic E-state index is 13.6. The van der Waals surface area contributed by atoms with Gasteiger partial charge in [-0.05, 0) is 62.1 Å². The van der Waals surface area contributed by atoms with Gasteiger partial charge in [0, 0.05) is 29.8 Å². The quantitative estimate of drug-likeness (QED) is 0.659. The fourth-order valence-corrected chi connectivity index (χ4v) is 6.12. The van der Waals surface area contributed by atoms with Gasteiger partial charge in [-0.1, -0.05) is 18.9 Å². The number of methoxy groups -OCH3 is 1. The van der Waals surface area contributed by atoms with Crippen molar-refractivity contribution in [3.8, 4) is 11.8 Å². The molecule has 1 aromatic carbocycles. The van der Waals surface area contributed by atoms with E-state index in [0.29, 0.717) is 37.3 Å². The second kappa shape index (κ2) is 9.37. The minimum absolute atomic E-state index is 0.0250. The molecule has 8 heteroatoms. The van der Waals surface area contributed by atoms with Gasteiger partial charge in [-0.15, -0.1) is 0 Å². The Balaban J connectivity index is 1.35. The van der Waals surface area contributed by atoms with E-state index < -0.39 is 12.1 Å². The first kappa shape index (κ1) is 23.4. The lowest BCUT2D eigenvalue weighted by Gasteiger charge is -2.37. The highest BCUT2D eigenvalue weighted by Crippen LogP contribution is 2.50. The topological polar surface area (TPSA) is 115 Å². The zero-order chi connectivity index (χ0) is 24.6. The number of nitrogens with zero attached hydrogens (tertiary/aromatic N) is 2. The van der Waals surface area contributed by atoms with E-state index >= 15 is 0 Å². The average Bonchev–Trinajstić information content (AvgIpc) is 3.47. The van der Waals surface area contributed by atoms with E-state index in [1.807, 2.05) is 18.2 Å². The Bertz CT molecular complexity index is 1190. The lowest BCUT2D eigenvalue weighted by Crippen LogP contribution is -2.49. The number of H-pyrrole nitrogens is 1. The molecule has 5 rings (SSSR count). The maximum Gasteiger partial charge on any atom is 0.271 e. The van der Waals surface area contributed by atoms with Crippen molar-refractivity contribution >= 4 is 28.5 Å². The van der Waals surface area contributed by atoms with Crippen molar-refractivity contribution in [2.45, 2.75) is 69.9 Å². The van der Waals surface area contributed by atoms with Gasteiger partial charge in [0.15, 0.2) is 0 Å². The van der Waals surface area contributed by atoms with Crippen LogP contribution in [-0.4, -0.2) is 53.2 Å². The van der Waals surface area contributed by atoms with Crippen LogP contribution < -0.4 is 10.1 Å². The Hall–Kier alpha value is -3.34. The van der Waals surface area contributed by atoms with Crippen LogP contribution in [0, 0.1) is 22.7 Å². The molecule has 3 fully saturated rings. The summed E-state index contributed by atoms with van der Waals surface area (Å²) < 4.78 is 5.43. The van der Waals surface area contributed by atoms with Crippen molar-refractivity contribution in [2.24, 2.45) is 11.3 Å². The van der Waals surface area contributed by atoms with Crippen LogP contribution in [0.1, 0.15) is 68.3 Å². The van der Waals surface area contributed by atoms with Crippen LogP contribution in [0.5, 0.6) is 5.75 Å². The molecule has 1 saturated heterocycles. The van der Waals surface area contributed by atoms with Crippen molar-refractivity contribution < 1.29 is 19.1 Å². The van der Waals surface area contributed by atoms with Crippen molar-refractivity contribution in [2.75, 3.05) is 13.7 Å². The van der Waals surface area contributed by atoms with Crippen LogP contribution in [0.15, 0.2) is 24.3 Å². The van der Waals surface area contributed by atoms with Gasteiger partial charge in [-0.2, -0.15) is 5.26 Å². The number of aromatic nitrogens is 1. The number of hydrogen-bond donors (Lipinski definition) is 2. The van der Waals surface area contributed by atoms with Gasteiger partial charge in [0.1, 0.15) is 29.3 Å². The van der Waals surface area contributed by atoms with Crippen LogP contribution in [0.4, 0.5) is 0 Å². The molecule has 1 aliphatic heterocycles. The summed E-state index contributed by atoms with van der Waals surface area (Å²) in [4.78, 5) is 44.2. The molecule has 2 aliphatic carbocycles. The number of carbonyl (C=O) groups excluding carboxylic acids is 3. The van der Waals surface area contributed by atoms with Gasteiger partial charge in [0.2, 0.25) is 5.91 Å². The van der Waals surface area contributed by atoms with E-state index in [9.17, 15) is 19.6 Å². The first-order valence-corrected chi connectivity index (χ1v) is 12.6. The Labute approximate surface area is 205 Å². The number of carbonyl (C=O) groups is 3. The number of likely N-dealkylation sites (tertiary alicyclic amines) is 1. The molecule has 2 N–H and O–H groups in total. The molecule has 8 nitrogen and oxygen atoms in total. The standard InChI is InChI=1S/C27H32N4O4/c1-35-24-9-4-7-20-19(24)13-21(30-20)26(34)31-16-27(10-5-11-27)14-22(31)25(33)29-18(15-28)12-17-6-2-3-8-23(17)32/h4,7,9,13,17-18,22,30H,2-3,5-6,8,10-12,14,16H2,1H3,(H,29,33). The van der Waals surface area contributed by atoms with E-state index in [1.165, 1.54) is 0 Å². The number of nitrogens with one attached hydrogen (secondary N) is 2. The van der Waals surface area contributed by atoms with Crippen molar-refractivity contribution in [1.29, 1.82) is 5.26 Å². The molecule has 35 heavy (non-hydrogen) atoms. The number of ketones is 1. The van der Waals surface area contributed by atoms with E-state index in [4.69, 9.17) is 4.74 Å². The maximum absolute atomic E-state index is 13.6. The Morgan fingerprint density at radius 2 is 2.14 bits per heavy atom. The summed E-state index contributed by atoms with van der Waals surface area (Å²) in [7, 11) is 1.59. The normalized spacial score (nSPS) is 24.1. The van der Waals surface area contributed by atoms with Crippen LogP contribution in [0.2, 0.25) is 0 Å². The van der Waals surface area contributed by atoms with Gasteiger partial charge in [-0.3, -0.25) is 14.4 Å². The van der Waals surface area contributed by atoms with Gasteiger partial charge < -0.3 is 19.9 Å². The fraction of sp³-hybridized carbons (Fsp3) is 0.556. The van der Waals surface area contributed by atoms with Crippen LogP contribution in [0.3, 0.4) is 0 Å². The summed E-state index contributed by atoms with van der Waals surface area (Å²) in [6.07, 6.45) is 7.25. The molecule has 1 spiro atoms. The molecule has 2 amide bonds. The number of Topliss-reactive ketones (excluding diaryl/α,β-unsaturated/α-hetero) is 1. The van der Waals surface area contributed by atoms with E-state index in [2.05, 4.69) is 16.4 Å².